The molecule has 0 radical (unpaired) electrons. The monoisotopic (exact) mass is 323 g/mol. The van der Waals surface area contributed by atoms with E-state index >= 15 is 0 Å². The van der Waals surface area contributed by atoms with Crippen LogP contribution in [-0.4, -0.2) is 75.5 Å². The molecule has 0 aromatic carbocycles. The van der Waals surface area contributed by atoms with Gasteiger partial charge < -0.3 is 20.4 Å². The highest BCUT2D eigenvalue weighted by molar-refractivity contribution is 5.85. The molecule has 1 aliphatic heterocycles. The van der Waals surface area contributed by atoms with Gasteiger partial charge in [-0.3, -0.25) is 9.79 Å². The largest absolute Gasteiger partial charge is 0.355 e. The molecule has 6 heteroatoms. The number of aliphatic imine (C=N–C) groups is 1. The first-order valence-electron chi connectivity index (χ1n) is 8.85. The number of rotatable bonds is 5. The van der Waals surface area contributed by atoms with Gasteiger partial charge in [0, 0.05) is 40.3 Å². The molecule has 132 valence electrons. The van der Waals surface area contributed by atoms with E-state index in [-0.39, 0.29) is 11.3 Å². The Kier molecular flexibility index (Phi) is 6.27. The molecule has 0 aromatic heterocycles. The summed E-state index contributed by atoms with van der Waals surface area (Å²) in [6, 6.07) is 0.581. The Morgan fingerprint density at radius 2 is 1.96 bits per heavy atom. The van der Waals surface area contributed by atoms with E-state index in [4.69, 9.17) is 0 Å². The maximum absolute atomic E-state index is 12.6. The van der Waals surface area contributed by atoms with Gasteiger partial charge in [0.25, 0.3) is 0 Å². The molecule has 6 nitrogen and oxygen atoms in total. The van der Waals surface area contributed by atoms with E-state index in [2.05, 4.69) is 27.6 Å². The standard InChI is InChI=1S/C17H33N5O/c1-18-16(19-12-14-8-7-11-22(14)4)20-13-17(9-5-6-10-17)15(23)21(2)3/h14H,5-13H2,1-4H3,(H2,18,19,20). The fourth-order valence-corrected chi connectivity index (χ4v) is 3.92. The van der Waals surface area contributed by atoms with Gasteiger partial charge in [0.05, 0.1) is 5.41 Å². The Morgan fingerprint density at radius 3 is 2.48 bits per heavy atom. The van der Waals surface area contributed by atoms with Crippen molar-refractivity contribution in [3.63, 3.8) is 0 Å². The molecule has 1 heterocycles. The van der Waals surface area contributed by atoms with Gasteiger partial charge in [-0.2, -0.15) is 0 Å². The van der Waals surface area contributed by atoms with Crippen molar-refractivity contribution < 1.29 is 4.79 Å². The highest BCUT2D eigenvalue weighted by Gasteiger charge is 2.42. The lowest BCUT2D eigenvalue weighted by atomic mass is 9.84. The van der Waals surface area contributed by atoms with E-state index in [1.807, 2.05) is 14.1 Å². The Hall–Kier alpha value is -1.30. The molecule has 2 rings (SSSR count). The second kappa shape index (κ2) is 7.99. The van der Waals surface area contributed by atoms with E-state index in [9.17, 15) is 4.79 Å². The van der Waals surface area contributed by atoms with E-state index in [0.717, 1.165) is 38.2 Å². The first-order chi connectivity index (χ1) is 11.0. The minimum absolute atomic E-state index is 0.244. The molecular weight excluding hydrogens is 290 g/mol. The maximum atomic E-state index is 12.6. The summed E-state index contributed by atoms with van der Waals surface area (Å²) < 4.78 is 0. The Labute approximate surface area is 140 Å². The number of hydrogen-bond acceptors (Lipinski definition) is 3. The second-order valence-corrected chi connectivity index (χ2v) is 7.27. The molecule has 0 bridgehead atoms. The highest BCUT2D eigenvalue weighted by atomic mass is 16.2. The van der Waals surface area contributed by atoms with Gasteiger partial charge in [-0.05, 0) is 39.3 Å². The van der Waals surface area contributed by atoms with Crippen LogP contribution in [0.5, 0.6) is 0 Å². The summed E-state index contributed by atoms with van der Waals surface area (Å²) in [6.07, 6.45) is 6.73. The number of hydrogen-bond donors (Lipinski definition) is 2. The molecule has 1 atom stereocenters. The van der Waals surface area contributed by atoms with Gasteiger partial charge in [-0.25, -0.2) is 0 Å². The van der Waals surface area contributed by atoms with Crippen LogP contribution in [0.2, 0.25) is 0 Å². The van der Waals surface area contributed by atoms with E-state index in [1.165, 1.54) is 19.4 Å². The predicted molar refractivity (Wildman–Crippen MR) is 94.6 cm³/mol. The zero-order chi connectivity index (χ0) is 16.9. The van der Waals surface area contributed by atoms with Gasteiger partial charge in [-0.15, -0.1) is 0 Å². The van der Waals surface area contributed by atoms with Crippen molar-refractivity contribution in [3.05, 3.63) is 0 Å². The van der Waals surface area contributed by atoms with E-state index in [1.54, 1.807) is 11.9 Å². The van der Waals surface area contributed by atoms with Crippen molar-refractivity contribution in [2.45, 2.75) is 44.6 Å². The molecule has 23 heavy (non-hydrogen) atoms. The molecule has 1 saturated carbocycles. The molecule has 1 unspecified atom stereocenters. The zero-order valence-electron chi connectivity index (χ0n) is 15.2. The fourth-order valence-electron chi connectivity index (χ4n) is 3.92. The van der Waals surface area contributed by atoms with Crippen LogP contribution < -0.4 is 10.6 Å². The molecular formula is C17H33N5O. The van der Waals surface area contributed by atoms with Crippen molar-refractivity contribution in [1.29, 1.82) is 0 Å². The Morgan fingerprint density at radius 1 is 1.26 bits per heavy atom. The van der Waals surface area contributed by atoms with Crippen molar-refractivity contribution in [1.82, 2.24) is 20.4 Å². The van der Waals surface area contributed by atoms with Gasteiger partial charge >= 0.3 is 0 Å². The number of nitrogens with zero attached hydrogens (tertiary/aromatic N) is 3. The third-order valence-electron chi connectivity index (χ3n) is 5.41. The SMILES string of the molecule is CN=C(NCC1CCCN1C)NCC1(C(=O)N(C)C)CCCC1. The topological polar surface area (TPSA) is 60.0 Å². The minimum Gasteiger partial charge on any atom is -0.355 e. The number of likely N-dealkylation sites (tertiary alicyclic amines) is 1. The summed E-state index contributed by atoms with van der Waals surface area (Å²) in [4.78, 5) is 21.0. The highest BCUT2D eigenvalue weighted by Crippen LogP contribution is 2.38. The van der Waals surface area contributed by atoms with Crippen LogP contribution in [0.15, 0.2) is 4.99 Å². The van der Waals surface area contributed by atoms with Crippen LogP contribution in [-0.2, 0) is 4.79 Å². The minimum atomic E-state index is -0.259. The lowest BCUT2D eigenvalue weighted by molar-refractivity contribution is -0.138. The van der Waals surface area contributed by atoms with E-state index < -0.39 is 0 Å². The first kappa shape index (κ1) is 18.0. The summed E-state index contributed by atoms with van der Waals surface area (Å²) in [5.74, 6) is 1.05. The van der Waals surface area contributed by atoms with Gasteiger partial charge in [0.2, 0.25) is 5.91 Å². The average Bonchev–Trinajstić information content (AvgIpc) is 3.17. The molecule has 1 amide bonds. The predicted octanol–water partition coefficient (Wildman–Crippen LogP) is 0.894. The number of amides is 1. The van der Waals surface area contributed by atoms with Crippen LogP contribution >= 0.6 is 0 Å². The Balaban J connectivity index is 1.87. The summed E-state index contributed by atoms with van der Waals surface area (Å²) in [5.41, 5.74) is -0.259. The van der Waals surface area contributed by atoms with Gasteiger partial charge in [0.15, 0.2) is 5.96 Å². The summed E-state index contributed by atoms with van der Waals surface area (Å²) in [6.45, 7) is 2.76. The van der Waals surface area contributed by atoms with Crippen molar-refractivity contribution in [2.24, 2.45) is 10.4 Å². The zero-order valence-corrected chi connectivity index (χ0v) is 15.2. The van der Waals surface area contributed by atoms with Crippen molar-refractivity contribution in [3.8, 4) is 0 Å². The normalized spacial score (nSPS) is 24.7. The third-order valence-corrected chi connectivity index (χ3v) is 5.41. The lowest BCUT2D eigenvalue weighted by Gasteiger charge is -2.31. The average molecular weight is 323 g/mol. The molecule has 0 aromatic rings. The van der Waals surface area contributed by atoms with Gasteiger partial charge in [0.1, 0.15) is 0 Å². The molecule has 0 spiro atoms. The molecule has 2 aliphatic rings. The van der Waals surface area contributed by atoms with Gasteiger partial charge in [-0.1, -0.05) is 12.8 Å². The molecule has 1 aliphatic carbocycles. The van der Waals surface area contributed by atoms with Crippen LogP contribution in [0.25, 0.3) is 0 Å². The number of nitrogens with one attached hydrogen (secondary N) is 2. The number of carbonyl (C=O) groups is 1. The van der Waals surface area contributed by atoms with Crippen LogP contribution in [0, 0.1) is 5.41 Å². The fraction of sp³-hybridized carbons (Fsp3) is 0.882. The number of guanidine groups is 1. The number of likely N-dealkylation sites (N-methyl/N-ethyl adjacent to an activating group) is 1. The quantitative estimate of drug-likeness (QED) is 0.583. The maximum Gasteiger partial charge on any atom is 0.230 e. The molecule has 2 fully saturated rings. The first-order valence-corrected chi connectivity index (χ1v) is 8.85. The molecule has 2 N–H and O–H groups in total. The summed E-state index contributed by atoms with van der Waals surface area (Å²) >= 11 is 0. The second-order valence-electron chi connectivity index (χ2n) is 7.27. The summed E-state index contributed by atoms with van der Waals surface area (Å²) in [7, 11) is 7.68. The lowest BCUT2D eigenvalue weighted by Crippen LogP contribution is -2.50. The van der Waals surface area contributed by atoms with Crippen LogP contribution in [0.1, 0.15) is 38.5 Å². The van der Waals surface area contributed by atoms with Crippen LogP contribution in [0.3, 0.4) is 0 Å². The van der Waals surface area contributed by atoms with E-state index in [0.29, 0.717) is 12.6 Å². The third kappa shape index (κ3) is 4.37. The van der Waals surface area contributed by atoms with Crippen molar-refractivity contribution >= 4 is 11.9 Å². The molecule has 1 saturated heterocycles. The smallest absolute Gasteiger partial charge is 0.230 e. The number of carbonyl (C=O) groups excluding carboxylic acids is 1. The van der Waals surface area contributed by atoms with Crippen molar-refractivity contribution in [2.75, 3.05) is 47.8 Å². The summed E-state index contributed by atoms with van der Waals surface area (Å²) in [5, 5.41) is 6.82. The van der Waals surface area contributed by atoms with Crippen LogP contribution in [0.4, 0.5) is 0 Å². The Bertz CT molecular complexity index is 429.